The van der Waals surface area contributed by atoms with Crippen LogP contribution in [0.15, 0.2) is 4.99 Å². The van der Waals surface area contributed by atoms with Gasteiger partial charge in [0, 0.05) is 44.2 Å². The van der Waals surface area contributed by atoms with Crippen molar-refractivity contribution in [2.45, 2.75) is 31.4 Å². The molecule has 2 atom stereocenters. The van der Waals surface area contributed by atoms with E-state index in [1.807, 2.05) is 7.05 Å². The van der Waals surface area contributed by atoms with E-state index in [1.54, 1.807) is 0 Å². The highest BCUT2D eigenvalue weighted by Crippen LogP contribution is 2.21. The van der Waals surface area contributed by atoms with Crippen molar-refractivity contribution < 1.29 is 0 Å². The number of aliphatic imine (C=N–C) groups is 1. The maximum atomic E-state index is 4.49. The maximum Gasteiger partial charge on any atom is 0.193 e. The summed E-state index contributed by atoms with van der Waals surface area (Å²) in [5, 5.41) is 4.38. The van der Waals surface area contributed by atoms with Gasteiger partial charge in [0.2, 0.25) is 0 Å². The Bertz CT molecular complexity index is 321. The largest absolute Gasteiger partial charge is 0.356 e. The van der Waals surface area contributed by atoms with Crippen LogP contribution in [0.25, 0.3) is 0 Å². The highest BCUT2D eigenvalue weighted by molar-refractivity contribution is 8.00. The van der Waals surface area contributed by atoms with Crippen molar-refractivity contribution in [2.75, 3.05) is 52.6 Å². The molecule has 0 bridgehead atoms. The van der Waals surface area contributed by atoms with Crippen LogP contribution in [0.4, 0.5) is 0 Å². The molecule has 20 heavy (non-hydrogen) atoms. The summed E-state index contributed by atoms with van der Waals surface area (Å²) in [6.45, 7) is 8.10. The first kappa shape index (κ1) is 16.0. The lowest BCUT2D eigenvalue weighted by atomic mass is 9.98. The molecule has 2 aliphatic heterocycles. The SMILES string of the molecule is CCC1CN(C(=NC)NCC2CCCN(C)C2)CCS1. The maximum absolute atomic E-state index is 4.49. The smallest absolute Gasteiger partial charge is 0.193 e. The van der Waals surface area contributed by atoms with Gasteiger partial charge in [-0.15, -0.1) is 0 Å². The zero-order valence-electron chi connectivity index (χ0n) is 13.3. The summed E-state index contributed by atoms with van der Waals surface area (Å²) in [6.07, 6.45) is 3.94. The number of guanidine groups is 1. The normalized spacial score (nSPS) is 29.6. The number of hydrogen-bond donors (Lipinski definition) is 1. The van der Waals surface area contributed by atoms with Crippen molar-refractivity contribution in [2.24, 2.45) is 10.9 Å². The number of rotatable bonds is 3. The minimum atomic E-state index is 0.767. The molecule has 4 nitrogen and oxygen atoms in total. The molecule has 0 aromatic heterocycles. The first-order valence-corrected chi connectivity index (χ1v) is 9.03. The fourth-order valence-electron chi connectivity index (χ4n) is 3.17. The van der Waals surface area contributed by atoms with E-state index in [0.29, 0.717) is 0 Å². The number of hydrogen-bond acceptors (Lipinski definition) is 3. The number of likely N-dealkylation sites (tertiary alicyclic amines) is 1. The minimum absolute atomic E-state index is 0.767. The summed E-state index contributed by atoms with van der Waals surface area (Å²) >= 11 is 2.11. The van der Waals surface area contributed by atoms with E-state index >= 15 is 0 Å². The molecule has 2 fully saturated rings. The van der Waals surface area contributed by atoms with Crippen LogP contribution < -0.4 is 5.32 Å². The molecule has 0 aliphatic carbocycles. The van der Waals surface area contributed by atoms with Crippen LogP contribution in [0.3, 0.4) is 0 Å². The molecule has 1 N–H and O–H groups in total. The van der Waals surface area contributed by atoms with Gasteiger partial charge in [-0.3, -0.25) is 4.99 Å². The van der Waals surface area contributed by atoms with Crippen molar-refractivity contribution >= 4 is 17.7 Å². The quantitative estimate of drug-likeness (QED) is 0.635. The van der Waals surface area contributed by atoms with Crippen LogP contribution in [0.1, 0.15) is 26.2 Å². The number of nitrogens with one attached hydrogen (secondary N) is 1. The molecule has 2 aliphatic rings. The Balaban J connectivity index is 1.80. The fourth-order valence-corrected chi connectivity index (χ4v) is 4.35. The molecule has 0 amide bonds. The molecule has 0 saturated carbocycles. The van der Waals surface area contributed by atoms with Gasteiger partial charge in [0.1, 0.15) is 0 Å². The van der Waals surface area contributed by atoms with Crippen LogP contribution in [-0.2, 0) is 0 Å². The van der Waals surface area contributed by atoms with Gasteiger partial charge in [-0.1, -0.05) is 6.92 Å². The average molecular weight is 298 g/mol. The lowest BCUT2D eigenvalue weighted by Crippen LogP contribution is -2.49. The van der Waals surface area contributed by atoms with Crippen molar-refractivity contribution in [3.05, 3.63) is 0 Å². The molecule has 0 aromatic carbocycles. The van der Waals surface area contributed by atoms with E-state index in [4.69, 9.17) is 0 Å². The molecule has 0 aromatic rings. The van der Waals surface area contributed by atoms with Gasteiger partial charge >= 0.3 is 0 Å². The summed E-state index contributed by atoms with van der Waals surface area (Å²) in [4.78, 5) is 9.38. The zero-order chi connectivity index (χ0) is 14.4. The molecular weight excluding hydrogens is 268 g/mol. The Morgan fingerprint density at radius 2 is 2.20 bits per heavy atom. The Kier molecular flexibility index (Phi) is 6.49. The second-order valence-electron chi connectivity index (χ2n) is 6.05. The summed E-state index contributed by atoms with van der Waals surface area (Å²) in [7, 11) is 4.15. The predicted molar refractivity (Wildman–Crippen MR) is 89.7 cm³/mol. The molecule has 0 radical (unpaired) electrons. The molecule has 2 heterocycles. The fraction of sp³-hybridized carbons (Fsp3) is 0.933. The van der Waals surface area contributed by atoms with Crippen molar-refractivity contribution in [3.63, 3.8) is 0 Å². The zero-order valence-corrected chi connectivity index (χ0v) is 14.1. The van der Waals surface area contributed by atoms with Gasteiger partial charge < -0.3 is 15.1 Å². The summed E-state index contributed by atoms with van der Waals surface area (Å²) in [6, 6.07) is 0. The minimum Gasteiger partial charge on any atom is -0.356 e. The highest BCUT2D eigenvalue weighted by Gasteiger charge is 2.23. The second-order valence-corrected chi connectivity index (χ2v) is 7.45. The highest BCUT2D eigenvalue weighted by atomic mass is 32.2. The average Bonchev–Trinajstić information content (AvgIpc) is 2.48. The first-order valence-electron chi connectivity index (χ1n) is 7.98. The van der Waals surface area contributed by atoms with Gasteiger partial charge in [-0.05, 0) is 38.8 Å². The molecule has 2 saturated heterocycles. The van der Waals surface area contributed by atoms with Crippen LogP contribution >= 0.6 is 11.8 Å². The van der Waals surface area contributed by atoms with Gasteiger partial charge in [0.25, 0.3) is 0 Å². The Morgan fingerprint density at radius 1 is 1.35 bits per heavy atom. The van der Waals surface area contributed by atoms with E-state index in [-0.39, 0.29) is 0 Å². The van der Waals surface area contributed by atoms with Crippen molar-refractivity contribution in [1.82, 2.24) is 15.1 Å². The lowest BCUT2D eigenvalue weighted by Gasteiger charge is -2.35. The molecule has 2 unspecified atom stereocenters. The molecule has 2 rings (SSSR count). The van der Waals surface area contributed by atoms with Gasteiger partial charge in [0.15, 0.2) is 5.96 Å². The standard InChI is InChI=1S/C15H30N4S/c1-4-14-12-19(8-9-20-14)15(16-2)17-10-13-6-5-7-18(3)11-13/h13-14H,4-12H2,1-3H3,(H,16,17). The third-order valence-electron chi connectivity index (χ3n) is 4.38. The van der Waals surface area contributed by atoms with Gasteiger partial charge in [-0.25, -0.2) is 0 Å². The number of nitrogens with zero attached hydrogens (tertiary/aromatic N) is 3. The molecular formula is C15H30N4S. The molecule has 5 heteroatoms. The Labute approximate surface area is 128 Å². The van der Waals surface area contributed by atoms with Crippen molar-refractivity contribution in [3.8, 4) is 0 Å². The number of piperidine rings is 1. The van der Waals surface area contributed by atoms with E-state index in [0.717, 1.165) is 36.8 Å². The third-order valence-corrected chi connectivity index (χ3v) is 5.75. The van der Waals surface area contributed by atoms with Crippen LogP contribution in [0.5, 0.6) is 0 Å². The van der Waals surface area contributed by atoms with Crippen LogP contribution in [0, 0.1) is 5.92 Å². The molecule has 116 valence electrons. The topological polar surface area (TPSA) is 30.9 Å². The van der Waals surface area contributed by atoms with Crippen molar-refractivity contribution in [1.29, 1.82) is 0 Å². The van der Waals surface area contributed by atoms with Gasteiger partial charge in [-0.2, -0.15) is 11.8 Å². The van der Waals surface area contributed by atoms with E-state index < -0.39 is 0 Å². The Hall–Kier alpha value is -0.420. The monoisotopic (exact) mass is 298 g/mol. The second kappa shape index (κ2) is 8.13. The van der Waals surface area contributed by atoms with E-state index in [2.05, 4.69) is 45.8 Å². The third kappa shape index (κ3) is 4.55. The summed E-state index contributed by atoms with van der Waals surface area (Å²) in [5.41, 5.74) is 0. The van der Waals surface area contributed by atoms with E-state index in [1.165, 1.54) is 38.1 Å². The lowest BCUT2D eigenvalue weighted by molar-refractivity contribution is 0.209. The summed E-state index contributed by atoms with van der Waals surface area (Å²) in [5.74, 6) is 3.11. The Morgan fingerprint density at radius 3 is 2.90 bits per heavy atom. The van der Waals surface area contributed by atoms with Gasteiger partial charge in [0.05, 0.1) is 0 Å². The summed E-state index contributed by atoms with van der Waals surface area (Å²) < 4.78 is 0. The van der Waals surface area contributed by atoms with Crippen LogP contribution in [-0.4, -0.2) is 73.6 Å². The van der Waals surface area contributed by atoms with Crippen LogP contribution in [0.2, 0.25) is 0 Å². The number of thioether (sulfide) groups is 1. The first-order chi connectivity index (χ1) is 9.72. The van der Waals surface area contributed by atoms with E-state index in [9.17, 15) is 0 Å². The predicted octanol–water partition coefficient (Wildman–Crippen LogP) is 1.73. The molecule has 0 spiro atoms.